The third kappa shape index (κ3) is 3.17. The van der Waals surface area contributed by atoms with Crippen molar-refractivity contribution in [2.75, 3.05) is 6.54 Å². The van der Waals surface area contributed by atoms with Gasteiger partial charge in [-0.25, -0.2) is 13.5 Å². The second-order valence-corrected chi connectivity index (χ2v) is 4.55. The quantitative estimate of drug-likeness (QED) is 0.842. The standard InChI is InChI=1S/C14H17F2N3/c1-3-4-17-8-11-5-12(15)14(13(16)6-11)19-9-10(2)7-18-19/h5-7,9,17H,3-4,8H2,1-2H3. The predicted octanol–water partition coefficient (Wildman–Crippen LogP) is 2.96. The van der Waals surface area contributed by atoms with E-state index < -0.39 is 11.6 Å². The predicted molar refractivity (Wildman–Crippen MR) is 70.2 cm³/mol. The zero-order chi connectivity index (χ0) is 13.8. The third-order valence-electron chi connectivity index (χ3n) is 2.77. The van der Waals surface area contributed by atoms with Gasteiger partial charge in [0.25, 0.3) is 0 Å². The van der Waals surface area contributed by atoms with Gasteiger partial charge < -0.3 is 5.32 Å². The zero-order valence-corrected chi connectivity index (χ0v) is 11.1. The van der Waals surface area contributed by atoms with Gasteiger partial charge >= 0.3 is 0 Å². The summed E-state index contributed by atoms with van der Waals surface area (Å²) in [5.41, 5.74) is 1.32. The number of aryl methyl sites for hydroxylation is 1. The van der Waals surface area contributed by atoms with Crippen LogP contribution in [0.25, 0.3) is 5.69 Å². The maximum atomic E-state index is 14.0. The molecule has 0 atom stereocenters. The minimum absolute atomic E-state index is 0.132. The highest BCUT2D eigenvalue weighted by Gasteiger charge is 2.13. The van der Waals surface area contributed by atoms with Crippen molar-refractivity contribution in [3.63, 3.8) is 0 Å². The molecule has 1 aromatic heterocycles. The molecule has 19 heavy (non-hydrogen) atoms. The van der Waals surface area contributed by atoms with Gasteiger partial charge in [0.2, 0.25) is 0 Å². The molecular formula is C14H17F2N3. The van der Waals surface area contributed by atoms with Gasteiger partial charge in [0.1, 0.15) is 5.69 Å². The summed E-state index contributed by atoms with van der Waals surface area (Å²) in [5.74, 6) is -1.20. The van der Waals surface area contributed by atoms with Crippen LogP contribution < -0.4 is 5.32 Å². The highest BCUT2D eigenvalue weighted by atomic mass is 19.1. The lowest BCUT2D eigenvalue weighted by Crippen LogP contribution is -2.14. The summed E-state index contributed by atoms with van der Waals surface area (Å²) < 4.78 is 29.2. The van der Waals surface area contributed by atoms with Crippen LogP contribution in [0.3, 0.4) is 0 Å². The number of aromatic nitrogens is 2. The van der Waals surface area contributed by atoms with Gasteiger partial charge in [-0.05, 0) is 43.1 Å². The lowest BCUT2D eigenvalue weighted by molar-refractivity contribution is 0.553. The van der Waals surface area contributed by atoms with Crippen LogP contribution in [0.2, 0.25) is 0 Å². The molecule has 0 bridgehead atoms. The van der Waals surface area contributed by atoms with Gasteiger partial charge in [-0.3, -0.25) is 0 Å². The first-order valence-corrected chi connectivity index (χ1v) is 6.32. The Labute approximate surface area is 111 Å². The highest BCUT2D eigenvalue weighted by Crippen LogP contribution is 2.19. The summed E-state index contributed by atoms with van der Waals surface area (Å²) in [6, 6.07) is 2.69. The molecule has 0 aliphatic rings. The molecule has 1 heterocycles. The Bertz CT molecular complexity index is 541. The highest BCUT2D eigenvalue weighted by molar-refractivity contribution is 5.38. The zero-order valence-electron chi connectivity index (χ0n) is 11.1. The van der Waals surface area contributed by atoms with Gasteiger partial charge in [0, 0.05) is 12.7 Å². The molecule has 0 radical (unpaired) electrons. The molecule has 0 aliphatic heterocycles. The van der Waals surface area contributed by atoms with E-state index in [0.29, 0.717) is 12.1 Å². The minimum Gasteiger partial charge on any atom is -0.313 e. The SMILES string of the molecule is CCCNCc1cc(F)c(-n2cc(C)cn2)c(F)c1. The number of hydrogen-bond donors (Lipinski definition) is 1. The fourth-order valence-corrected chi connectivity index (χ4v) is 1.88. The van der Waals surface area contributed by atoms with Crippen molar-refractivity contribution in [3.05, 3.63) is 47.3 Å². The number of benzene rings is 1. The van der Waals surface area contributed by atoms with Crippen molar-refractivity contribution in [2.45, 2.75) is 26.8 Å². The van der Waals surface area contributed by atoms with Crippen LogP contribution >= 0.6 is 0 Å². The third-order valence-corrected chi connectivity index (χ3v) is 2.77. The second-order valence-electron chi connectivity index (χ2n) is 4.55. The van der Waals surface area contributed by atoms with E-state index in [2.05, 4.69) is 10.4 Å². The van der Waals surface area contributed by atoms with Crippen LogP contribution in [0.1, 0.15) is 24.5 Å². The molecule has 0 aliphatic carbocycles. The van der Waals surface area contributed by atoms with E-state index in [1.165, 1.54) is 16.8 Å². The maximum Gasteiger partial charge on any atom is 0.152 e. The van der Waals surface area contributed by atoms with Crippen molar-refractivity contribution < 1.29 is 8.78 Å². The van der Waals surface area contributed by atoms with Crippen LogP contribution in [0.15, 0.2) is 24.5 Å². The summed E-state index contributed by atoms with van der Waals surface area (Å²) in [5, 5.41) is 7.05. The normalized spacial score (nSPS) is 10.9. The van der Waals surface area contributed by atoms with Crippen molar-refractivity contribution in [2.24, 2.45) is 0 Å². The molecule has 1 aromatic carbocycles. The Morgan fingerprint density at radius 2 is 1.95 bits per heavy atom. The Kier molecular flexibility index (Phi) is 4.27. The lowest BCUT2D eigenvalue weighted by Gasteiger charge is -2.09. The topological polar surface area (TPSA) is 29.9 Å². The monoisotopic (exact) mass is 265 g/mol. The average molecular weight is 265 g/mol. The Morgan fingerprint density at radius 1 is 1.26 bits per heavy atom. The summed E-state index contributed by atoms with van der Waals surface area (Å²) in [7, 11) is 0. The summed E-state index contributed by atoms with van der Waals surface area (Å²) >= 11 is 0. The lowest BCUT2D eigenvalue weighted by atomic mass is 10.2. The van der Waals surface area contributed by atoms with E-state index in [4.69, 9.17) is 0 Å². The summed E-state index contributed by atoms with van der Waals surface area (Å²) in [4.78, 5) is 0. The van der Waals surface area contributed by atoms with Crippen LogP contribution in [0.5, 0.6) is 0 Å². The molecule has 0 unspecified atom stereocenters. The summed E-state index contributed by atoms with van der Waals surface area (Å²) in [6.45, 7) is 5.14. The molecular weight excluding hydrogens is 248 g/mol. The van der Waals surface area contributed by atoms with Crippen LogP contribution in [-0.4, -0.2) is 16.3 Å². The first-order valence-electron chi connectivity index (χ1n) is 6.32. The van der Waals surface area contributed by atoms with Gasteiger partial charge in [-0.2, -0.15) is 5.10 Å². The van der Waals surface area contributed by atoms with Gasteiger partial charge in [-0.1, -0.05) is 6.92 Å². The van der Waals surface area contributed by atoms with Gasteiger partial charge in [-0.15, -0.1) is 0 Å². The van der Waals surface area contributed by atoms with Gasteiger partial charge in [0.05, 0.1) is 6.20 Å². The van der Waals surface area contributed by atoms with Crippen molar-refractivity contribution in [1.29, 1.82) is 0 Å². The van der Waals surface area contributed by atoms with Crippen molar-refractivity contribution >= 4 is 0 Å². The summed E-state index contributed by atoms with van der Waals surface area (Å²) in [6.07, 6.45) is 4.14. The fourth-order valence-electron chi connectivity index (χ4n) is 1.88. The number of nitrogens with one attached hydrogen (secondary N) is 1. The second kappa shape index (κ2) is 5.93. The molecule has 0 saturated heterocycles. The molecule has 2 rings (SSSR count). The molecule has 0 spiro atoms. The number of halogens is 2. The van der Waals surface area contributed by atoms with Crippen molar-refractivity contribution in [3.8, 4) is 5.69 Å². The molecule has 0 fully saturated rings. The largest absolute Gasteiger partial charge is 0.313 e. The van der Waals surface area contributed by atoms with E-state index >= 15 is 0 Å². The molecule has 0 saturated carbocycles. The molecule has 102 valence electrons. The van der Waals surface area contributed by atoms with E-state index in [9.17, 15) is 8.78 Å². The number of hydrogen-bond acceptors (Lipinski definition) is 2. The first-order chi connectivity index (χ1) is 9.11. The first kappa shape index (κ1) is 13.7. The molecule has 0 amide bonds. The molecule has 2 aromatic rings. The smallest absolute Gasteiger partial charge is 0.152 e. The number of nitrogens with zero attached hydrogens (tertiary/aromatic N) is 2. The van der Waals surface area contributed by atoms with Crippen LogP contribution in [-0.2, 0) is 6.54 Å². The fraction of sp³-hybridized carbons (Fsp3) is 0.357. The average Bonchev–Trinajstić information content (AvgIpc) is 2.75. The molecule has 1 N–H and O–H groups in total. The van der Waals surface area contributed by atoms with E-state index in [-0.39, 0.29) is 5.69 Å². The Morgan fingerprint density at radius 3 is 2.47 bits per heavy atom. The minimum atomic E-state index is -0.601. The van der Waals surface area contributed by atoms with Crippen LogP contribution in [0.4, 0.5) is 8.78 Å². The van der Waals surface area contributed by atoms with E-state index in [1.54, 1.807) is 12.4 Å². The van der Waals surface area contributed by atoms with E-state index in [0.717, 1.165) is 18.5 Å². The Hall–Kier alpha value is -1.75. The molecule has 3 nitrogen and oxygen atoms in total. The van der Waals surface area contributed by atoms with Crippen LogP contribution in [0, 0.1) is 18.6 Å². The number of rotatable bonds is 5. The van der Waals surface area contributed by atoms with Gasteiger partial charge in [0.15, 0.2) is 11.6 Å². The maximum absolute atomic E-state index is 14.0. The van der Waals surface area contributed by atoms with Crippen molar-refractivity contribution in [1.82, 2.24) is 15.1 Å². The Balaban J connectivity index is 2.27. The molecule has 5 heteroatoms. The van der Waals surface area contributed by atoms with E-state index in [1.807, 2.05) is 13.8 Å².